The summed E-state index contributed by atoms with van der Waals surface area (Å²) < 4.78 is 31.4. The molecule has 0 unspecified atom stereocenters. The van der Waals surface area contributed by atoms with Gasteiger partial charge in [-0.2, -0.15) is 0 Å². The Morgan fingerprint density at radius 2 is 1.68 bits per heavy atom. The molecule has 0 bridgehead atoms. The van der Waals surface area contributed by atoms with Crippen molar-refractivity contribution in [1.29, 1.82) is 0 Å². The zero-order valence-electron chi connectivity index (χ0n) is 12.2. The van der Waals surface area contributed by atoms with Crippen molar-refractivity contribution in [2.24, 2.45) is 0 Å². The minimum Gasteiger partial charge on any atom is -0.465 e. The highest BCUT2D eigenvalue weighted by Gasteiger charge is 2.16. The Bertz CT molecular complexity index is 742. The number of hydrogen-bond acceptors (Lipinski definition) is 4. The number of para-hydroxylation sites is 1. The summed E-state index contributed by atoms with van der Waals surface area (Å²) in [6.07, 6.45) is 0.399. The molecule has 0 amide bonds. The highest BCUT2D eigenvalue weighted by Crippen LogP contribution is 2.18. The van der Waals surface area contributed by atoms with Gasteiger partial charge < -0.3 is 4.74 Å². The van der Waals surface area contributed by atoms with E-state index < -0.39 is 16.0 Å². The Morgan fingerprint density at radius 1 is 1.05 bits per heavy atom. The number of carbonyl (C=O) groups excluding carboxylic acids is 1. The second-order valence-corrected chi connectivity index (χ2v) is 6.54. The molecule has 0 saturated heterocycles. The monoisotopic (exact) mass is 319 g/mol. The number of carbonyl (C=O) groups is 1. The predicted octanol–water partition coefficient (Wildman–Crippen LogP) is 2.46. The van der Waals surface area contributed by atoms with Gasteiger partial charge in [0.15, 0.2) is 0 Å². The molecule has 2 rings (SSSR count). The molecule has 116 valence electrons. The van der Waals surface area contributed by atoms with Crippen LogP contribution in [0.15, 0.2) is 54.6 Å². The summed E-state index contributed by atoms with van der Waals surface area (Å²) in [5.74, 6) is -0.645. The summed E-state index contributed by atoms with van der Waals surface area (Å²) in [5, 5.41) is 0. The molecule has 0 heterocycles. The summed E-state index contributed by atoms with van der Waals surface area (Å²) in [4.78, 5) is 11.6. The Balaban J connectivity index is 2.11. The van der Waals surface area contributed by atoms with Gasteiger partial charge in [0.2, 0.25) is 10.0 Å². The molecule has 0 aliphatic rings. The van der Waals surface area contributed by atoms with Crippen LogP contribution in [0.3, 0.4) is 0 Å². The molecule has 0 aliphatic carbocycles. The van der Waals surface area contributed by atoms with E-state index in [0.29, 0.717) is 6.42 Å². The molecular formula is C16H17NO4S. The molecule has 5 nitrogen and oxygen atoms in total. The van der Waals surface area contributed by atoms with Crippen LogP contribution >= 0.6 is 0 Å². The Morgan fingerprint density at radius 3 is 2.36 bits per heavy atom. The smallest absolute Gasteiger partial charge is 0.339 e. The van der Waals surface area contributed by atoms with Crippen LogP contribution in [0.4, 0.5) is 5.69 Å². The fourth-order valence-corrected chi connectivity index (χ4v) is 3.10. The minimum absolute atomic E-state index is 0.0630. The van der Waals surface area contributed by atoms with E-state index in [-0.39, 0.29) is 17.0 Å². The quantitative estimate of drug-likeness (QED) is 0.830. The average Bonchev–Trinajstić information content (AvgIpc) is 2.53. The van der Waals surface area contributed by atoms with Crippen LogP contribution in [0, 0.1) is 0 Å². The number of esters is 1. The number of methoxy groups -OCH3 is 1. The molecule has 0 fully saturated rings. The largest absolute Gasteiger partial charge is 0.465 e. The van der Waals surface area contributed by atoms with Gasteiger partial charge in [-0.15, -0.1) is 0 Å². The van der Waals surface area contributed by atoms with E-state index in [9.17, 15) is 13.2 Å². The average molecular weight is 319 g/mol. The zero-order valence-corrected chi connectivity index (χ0v) is 13.0. The molecule has 2 aromatic carbocycles. The number of rotatable bonds is 6. The van der Waals surface area contributed by atoms with Gasteiger partial charge in [-0.05, 0) is 24.1 Å². The molecular weight excluding hydrogens is 302 g/mol. The van der Waals surface area contributed by atoms with Crippen molar-refractivity contribution in [3.8, 4) is 0 Å². The van der Waals surface area contributed by atoms with Crippen molar-refractivity contribution < 1.29 is 17.9 Å². The summed E-state index contributed by atoms with van der Waals surface area (Å²) in [6, 6.07) is 15.7. The van der Waals surface area contributed by atoms with Gasteiger partial charge in [-0.3, -0.25) is 4.72 Å². The van der Waals surface area contributed by atoms with Crippen molar-refractivity contribution in [3.63, 3.8) is 0 Å². The Kier molecular flexibility index (Phi) is 5.16. The number of sulfonamides is 1. The van der Waals surface area contributed by atoms with Crippen molar-refractivity contribution in [2.45, 2.75) is 6.42 Å². The SMILES string of the molecule is COC(=O)c1ccccc1NS(=O)(=O)CCc1ccccc1. The molecule has 0 aromatic heterocycles. The first-order valence-corrected chi connectivity index (χ1v) is 8.39. The highest BCUT2D eigenvalue weighted by molar-refractivity contribution is 7.92. The summed E-state index contributed by atoms with van der Waals surface area (Å²) >= 11 is 0. The van der Waals surface area contributed by atoms with Crippen LogP contribution in [0.5, 0.6) is 0 Å². The predicted molar refractivity (Wildman–Crippen MR) is 85.3 cm³/mol. The van der Waals surface area contributed by atoms with E-state index in [0.717, 1.165) is 5.56 Å². The lowest BCUT2D eigenvalue weighted by molar-refractivity contribution is 0.0602. The van der Waals surface area contributed by atoms with Gasteiger partial charge in [0, 0.05) is 0 Å². The molecule has 1 N–H and O–H groups in total. The molecule has 0 saturated carbocycles. The van der Waals surface area contributed by atoms with E-state index >= 15 is 0 Å². The molecule has 22 heavy (non-hydrogen) atoms. The van der Waals surface area contributed by atoms with Crippen LogP contribution in [-0.2, 0) is 21.2 Å². The van der Waals surface area contributed by atoms with E-state index in [1.165, 1.54) is 19.2 Å². The lowest BCUT2D eigenvalue weighted by atomic mass is 10.2. The first kappa shape index (κ1) is 16.0. The molecule has 0 atom stereocenters. The summed E-state index contributed by atoms with van der Waals surface area (Å²) in [6.45, 7) is 0. The lowest BCUT2D eigenvalue weighted by Gasteiger charge is -2.11. The van der Waals surface area contributed by atoms with E-state index in [2.05, 4.69) is 9.46 Å². The number of hydrogen-bond donors (Lipinski definition) is 1. The van der Waals surface area contributed by atoms with Gasteiger partial charge in [-0.1, -0.05) is 42.5 Å². The van der Waals surface area contributed by atoms with E-state index in [4.69, 9.17) is 0 Å². The topological polar surface area (TPSA) is 72.5 Å². The molecule has 6 heteroatoms. The molecule has 0 aliphatic heterocycles. The fraction of sp³-hybridized carbons (Fsp3) is 0.188. The van der Waals surface area contributed by atoms with Crippen molar-refractivity contribution in [1.82, 2.24) is 0 Å². The summed E-state index contributed by atoms with van der Waals surface area (Å²) in [5.41, 5.74) is 1.35. The number of nitrogens with one attached hydrogen (secondary N) is 1. The first-order valence-electron chi connectivity index (χ1n) is 6.73. The standard InChI is InChI=1S/C16H17NO4S/c1-21-16(18)14-9-5-6-10-15(14)17-22(19,20)12-11-13-7-3-2-4-8-13/h2-10,17H,11-12H2,1H3. The number of aryl methyl sites for hydroxylation is 1. The van der Waals surface area contributed by atoms with Gasteiger partial charge in [0.05, 0.1) is 24.1 Å². The van der Waals surface area contributed by atoms with Crippen LogP contribution < -0.4 is 4.72 Å². The van der Waals surface area contributed by atoms with Gasteiger partial charge in [0.1, 0.15) is 0 Å². The Labute approximate surface area is 130 Å². The number of ether oxygens (including phenoxy) is 1. The van der Waals surface area contributed by atoms with E-state index in [1.807, 2.05) is 30.3 Å². The van der Waals surface area contributed by atoms with Crippen LogP contribution in [0.25, 0.3) is 0 Å². The number of benzene rings is 2. The van der Waals surface area contributed by atoms with Crippen molar-refractivity contribution in [2.75, 3.05) is 17.6 Å². The Hall–Kier alpha value is -2.34. The van der Waals surface area contributed by atoms with Crippen LogP contribution in [-0.4, -0.2) is 27.2 Å². The molecule has 2 aromatic rings. The maximum Gasteiger partial charge on any atom is 0.339 e. The zero-order chi connectivity index (χ0) is 16.0. The van der Waals surface area contributed by atoms with Gasteiger partial charge in [0.25, 0.3) is 0 Å². The first-order chi connectivity index (χ1) is 10.5. The highest BCUT2D eigenvalue weighted by atomic mass is 32.2. The third-order valence-electron chi connectivity index (χ3n) is 3.10. The maximum absolute atomic E-state index is 12.2. The van der Waals surface area contributed by atoms with Crippen LogP contribution in [0.1, 0.15) is 15.9 Å². The van der Waals surface area contributed by atoms with Crippen LogP contribution in [0.2, 0.25) is 0 Å². The summed E-state index contributed by atoms with van der Waals surface area (Å²) in [7, 11) is -2.30. The third-order valence-corrected chi connectivity index (χ3v) is 4.37. The minimum atomic E-state index is -3.55. The van der Waals surface area contributed by atoms with Crippen molar-refractivity contribution >= 4 is 21.7 Å². The third kappa shape index (κ3) is 4.33. The number of anilines is 1. The molecule has 0 spiro atoms. The van der Waals surface area contributed by atoms with Crippen molar-refractivity contribution in [3.05, 3.63) is 65.7 Å². The van der Waals surface area contributed by atoms with Gasteiger partial charge in [-0.25, -0.2) is 13.2 Å². The second-order valence-electron chi connectivity index (χ2n) is 4.69. The molecule has 0 radical (unpaired) electrons. The lowest BCUT2D eigenvalue weighted by Crippen LogP contribution is -2.20. The fourth-order valence-electron chi connectivity index (χ4n) is 1.98. The maximum atomic E-state index is 12.2. The normalized spacial score (nSPS) is 11.0. The van der Waals surface area contributed by atoms with E-state index in [1.54, 1.807) is 12.1 Å². The second kappa shape index (κ2) is 7.09. The van der Waals surface area contributed by atoms with Gasteiger partial charge >= 0.3 is 5.97 Å².